The van der Waals surface area contributed by atoms with Crippen LogP contribution in [0.25, 0.3) is 22.3 Å². The van der Waals surface area contributed by atoms with Crippen molar-refractivity contribution in [3.8, 4) is 34.3 Å². The second kappa shape index (κ2) is 32.3. The summed E-state index contributed by atoms with van der Waals surface area (Å²) in [5, 5.41) is 0. The van der Waals surface area contributed by atoms with E-state index in [9.17, 15) is 28.8 Å². The van der Waals surface area contributed by atoms with Gasteiger partial charge in [-0.05, 0) is 163 Å². The van der Waals surface area contributed by atoms with Crippen molar-refractivity contribution in [2.45, 2.75) is 141 Å². The normalized spacial score (nSPS) is 16.8. The number of nitrogens with zero attached hydrogens (tertiary/aromatic N) is 2. The number of hydrogen-bond acceptors (Lipinski definition) is 16. The molecule has 0 amide bonds. The van der Waals surface area contributed by atoms with Gasteiger partial charge in [-0.2, -0.15) is 0 Å². The molecule has 0 aliphatic heterocycles. The van der Waals surface area contributed by atoms with Crippen molar-refractivity contribution >= 4 is 46.8 Å². The summed E-state index contributed by atoms with van der Waals surface area (Å²) in [5.74, 6) is -1.16. The second-order valence-electron chi connectivity index (χ2n) is 20.2. The molecule has 2 saturated carbocycles. The molecular weight excluding hydrogens is 1020 g/mol. The van der Waals surface area contributed by atoms with Crippen molar-refractivity contribution < 1.29 is 66.7 Å². The molecule has 80 heavy (non-hydrogen) atoms. The summed E-state index contributed by atoms with van der Waals surface area (Å²) in [5.41, 5.74) is 3.89. The summed E-state index contributed by atoms with van der Waals surface area (Å²) in [6.07, 6.45) is 16.1. The van der Waals surface area contributed by atoms with Gasteiger partial charge in [0.1, 0.15) is 34.7 Å². The van der Waals surface area contributed by atoms with Crippen LogP contribution in [0, 0.1) is 11.8 Å². The van der Waals surface area contributed by atoms with Crippen LogP contribution in [0.5, 0.6) is 23.0 Å². The Bertz CT molecular complexity index is 2820. The summed E-state index contributed by atoms with van der Waals surface area (Å²) >= 11 is 0. The van der Waals surface area contributed by atoms with Crippen LogP contribution in [-0.2, 0) is 60.6 Å². The van der Waals surface area contributed by atoms with Gasteiger partial charge < -0.3 is 37.9 Å². The summed E-state index contributed by atoms with van der Waals surface area (Å²) < 4.78 is 45.4. The lowest BCUT2D eigenvalue weighted by Gasteiger charge is -2.27. The van der Waals surface area contributed by atoms with Crippen LogP contribution in [0.3, 0.4) is 0 Å². The Morgan fingerprint density at radius 3 is 1.35 bits per heavy atom. The summed E-state index contributed by atoms with van der Waals surface area (Å²) in [6.45, 7) is 8.73. The maximum Gasteiger partial charge on any atom is 0.330 e. The minimum absolute atomic E-state index is 0.190. The number of carbonyl (C=O) groups is 6. The Morgan fingerprint density at radius 1 is 0.487 bits per heavy atom. The van der Waals surface area contributed by atoms with Gasteiger partial charge in [0, 0.05) is 30.6 Å². The Kier molecular flexibility index (Phi) is 24.1. The fourth-order valence-corrected chi connectivity index (χ4v) is 9.63. The number of aryl methyl sites for hydroxylation is 2. The van der Waals surface area contributed by atoms with E-state index in [0.717, 1.165) is 91.7 Å². The van der Waals surface area contributed by atoms with E-state index >= 15 is 0 Å². The summed E-state index contributed by atoms with van der Waals surface area (Å²) in [4.78, 5) is 85.0. The molecule has 2 fully saturated rings. The first kappa shape index (κ1) is 59.8. The highest BCUT2D eigenvalue weighted by atomic mass is 16.6. The molecule has 16 nitrogen and oxygen atoms in total. The van der Waals surface area contributed by atoms with Crippen molar-refractivity contribution in [2.24, 2.45) is 11.8 Å². The molecular formula is C64H74N2O14. The molecule has 4 aromatic carbocycles. The van der Waals surface area contributed by atoms with Gasteiger partial charge in [0.15, 0.2) is 11.5 Å². The number of aromatic nitrogens is 2. The molecule has 16 heteroatoms. The van der Waals surface area contributed by atoms with E-state index in [4.69, 9.17) is 42.9 Å². The van der Waals surface area contributed by atoms with Gasteiger partial charge in [-0.1, -0.05) is 67.8 Å². The third-order valence-corrected chi connectivity index (χ3v) is 14.2. The SMILES string of the molecule is C=CC(=O)OCCCCCCOc1ccc(CCC(=O)OC2CCC(C(=O)Oc3ccc(OC(=O)[C@H]4CC[C@H](OC(=O)CCc5ccc(OCCCCCCOC(=O)C=C)cc5)CC4)c4nc(-c5ccccc5)cnc34)CC2)cc1. The van der Waals surface area contributed by atoms with Crippen LogP contribution < -0.4 is 18.9 Å². The first-order valence-corrected chi connectivity index (χ1v) is 28.2. The molecule has 2 aliphatic rings. The molecule has 1 heterocycles. The van der Waals surface area contributed by atoms with Crippen molar-refractivity contribution in [2.75, 3.05) is 26.4 Å². The molecule has 1 aromatic heterocycles. The van der Waals surface area contributed by atoms with Gasteiger partial charge >= 0.3 is 35.8 Å². The van der Waals surface area contributed by atoms with Crippen molar-refractivity contribution in [3.63, 3.8) is 0 Å². The van der Waals surface area contributed by atoms with Crippen molar-refractivity contribution in [1.29, 1.82) is 0 Å². The van der Waals surface area contributed by atoms with Gasteiger partial charge in [0.05, 0.1) is 50.2 Å². The highest BCUT2D eigenvalue weighted by molar-refractivity contribution is 5.92. The average Bonchev–Trinajstić information content (AvgIpc) is 3.49. The van der Waals surface area contributed by atoms with Crippen LogP contribution in [0.2, 0.25) is 0 Å². The zero-order chi connectivity index (χ0) is 56.3. The van der Waals surface area contributed by atoms with Crippen molar-refractivity contribution in [1.82, 2.24) is 9.97 Å². The number of unbranched alkanes of at least 4 members (excludes halogenated alkanes) is 6. The maximum absolute atomic E-state index is 13.8. The smallest absolute Gasteiger partial charge is 0.330 e. The van der Waals surface area contributed by atoms with Crippen LogP contribution in [0.1, 0.15) is 127 Å². The molecule has 424 valence electrons. The monoisotopic (exact) mass is 1090 g/mol. The second-order valence-corrected chi connectivity index (χ2v) is 20.2. The first-order chi connectivity index (χ1) is 39.0. The third kappa shape index (κ3) is 19.8. The lowest BCUT2D eigenvalue weighted by atomic mass is 9.87. The number of ether oxygens (including phenoxy) is 8. The van der Waals surface area contributed by atoms with Crippen LogP contribution >= 0.6 is 0 Å². The zero-order valence-electron chi connectivity index (χ0n) is 45.7. The first-order valence-electron chi connectivity index (χ1n) is 28.2. The molecule has 0 atom stereocenters. The minimum atomic E-state index is -0.427. The van der Waals surface area contributed by atoms with Gasteiger partial charge in [0.2, 0.25) is 0 Å². The quantitative estimate of drug-likeness (QED) is 0.0133. The lowest BCUT2D eigenvalue weighted by Crippen LogP contribution is -2.30. The largest absolute Gasteiger partial charge is 0.494 e. The van der Waals surface area contributed by atoms with Gasteiger partial charge in [-0.3, -0.25) is 19.2 Å². The average molecular weight is 1100 g/mol. The van der Waals surface area contributed by atoms with E-state index in [1.807, 2.05) is 78.9 Å². The Morgan fingerprint density at radius 2 is 0.912 bits per heavy atom. The number of fused-ring (bicyclic) bond motifs is 1. The molecule has 0 N–H and O–H groups in total. The van der Waals surface area contributed by atoms with E-state index < -0.39 is 35.7 Å². The van der Waals surface area contributed by atoms with Gasteiger partial charge in [-0.25, -0.2) is 19.6 Å². The fraction of sp³-hybridized carbons (Fsp3) is 0.438. The van der Waals surface area contributed by atoms with E-state index in [1.54, 1.807) is 18.3 Å². The van der Waals surface area contributed by atoms with Gasteiger partial charge in [-0.15, -0.1) is 0 Å². The highest BCUT2D eigenvalue weighted by Gasteiger charge is 2.32. The minimum Gasteiger partial charge on any atom is -0.494 e. The molecule has 7 rings (SSSR count). The fourth-order valence-electron chi connectivity index (χ4n) is 9.63. The number of benzene rings is 4. The molecule has 5 aromatic rings. The number of rotatable bonds is 31. The van der Waals surface area contributed by atoms with E-state index in [2.05, 4.69) is 18.1 Å². The van der Waals surface area contributed by atoms with E-state index in [1.165, 1.54) is 0 Å². The molecule has 2 aliphatic carbocycles. The number of esters is 6. The molecule has 0 saturated heterocycles. The van der Waals surface area contributed by atoms with Crippen LogP contribution in [0.4, 0.5) is 0 Å². The molecule has 0 unspecified atom stereocenters. The molecule has 0 radical (unpaired) electrons. The lowest BCUT2D eigenvalue weighted by molar-refractivity contribution is -0.153. The Balaban J connectivity index is 0.817. The number of hydrogen-bond donors (Lipinski definition) is 0. The predicted molar refractivity (Wildman–Crippen MR) is 300 cm³/mol. The predicted octanol–water partition coefficient (Wildman–Crippen LogP) is 11.9. The standard InChI is InChI=1S/C64H74N2O14/c1-3-57(67)75-42-14-7-5-12-40-73-50-28-18-45(19-29-50)22-38-59(69)77-52-32-24-48(25-33-52)63(71)79-55-36-37-56(62-61(55)65-44-54(66-62)47-16-10-9-11-17-47)80-64(72)49-26-34-53(35-27-49)78-60(70)39-23-46-20-30-51(31-21-46)74-41-13-6-8-15-43-76-58(68)4-2/h3-4,9-11,16-21,28-31,36-37,44,48-49,52-53H,1-2,5-8,12-15,22-27,32-35,38-43H2/t48?,49-,52?,53-. The third-order valence-electron chi connectivity index (χ3n) is 14.2. The zero-order valence-corrected chi connectivity index (χ0v) is 45.7. The topological polar surface area (TPSA) is 202 Å². The Hall–Kier alpha value is -7.88. The van der Waals surface area contributed by atoms with Crippen LogP contribution in [-0.4, -0.2) is 84.4 Å². The van der Waals surface area contributed by atoms with E-state index in [-0.39, 0.29) is 59.5 Å². The highest BCUT2D eigenvalue weighted by Crippen LogP contribution is 2.36. The molecule has 0 bridgehead atoms. The van der Waals surface area contributed by atoms with Crippen molar-refractivity contribution in [3.05, 3.63) is 134 Å². The van der Waals surface area contributed by atoms with E-state index in [0.29, 0.717) is 96.3 Å². The molecule has 0 spiro atoms. The van der Waals surface area contributed by atoms with Gasteiger partial charge in [0.25, 0.3) is 0 Å². The summed E-state index contributed by atoms with van der Waals surface area (Å²) in [6, 6.07) is 28.0. The summed E-state index contributed by atoms with van der Waals surface area (Å²) in [7, 11) is 0. The van der Waals surface area contributed by atoms with Crippen LogP contribution in [0.15, 0.2) is 123 Å². The number of carbonyl (C=O) groups excluding carboxylic acids is 6. The Labute approximate surface area is 468 Å². The maximum atomic E-state index is 13.8.